The summed E-state index contributed by atoms with van der Waals surface area (Å²) in [5, 5.41) is 0. The molecule has 5 nitrogen and oxygen atoms in total. The number of carbonyl (C=O) groups excluding carboxylic acids is 1. The van der Waals surface area contributed by atoms with Crippen LogP contribution in [-0.2, 0) is 4.74 Å². The molecule has 0 fully saturated rings. The van der Waals surface area contributed by atoms with Crippen molar-refractivity contribution >= 4 is 24.1 Å². The fourth-order valence-corrected chi connectivity index (χ4v) is 1.66. The van der Waals surface area contributed by atoms with Crippen LogP contribution >= 0.6 is 0 Å². The van der Waals surface area contributed by atoms with E-state index in [-0.39, 0.29) is 5.97 Å². The predicted molar refractivity (Wildman–Crippen MR) is 81.9 cm³/mol. The van der Waals surface area contributed by atoms with E-state index in [1.165, 1.54) is 7.11 Å². The molecule has 0 saturated carbocycles. The van der Waals surface area contributed by atoms with Crippen molar-refractivity contribution in [2.75, 3.05) is 13.7 Å². The first-order valence-corrected chi connectivity index (χ1v) is 6.55. The molecule has 2 rings (SSSR count). The molecule has 1 heterocycles. The van der Waals surface area contributed by atoms with E-state index < -0.39 is 0 Å². The third kappa shape index (κ3) is 4.14. The minimum atomic E-state index is -0.386. The number of esters is 1. The van der Waals surface area contributed by atoms with E-state index >= 15 is 0 Å². The standard InChI is InChI=1S/C16H16N2O3/c1-3-17-10-14-7-8-15(21-14)11-18-13-6-4-5-12(9-13)16(19)20-2/h4-11H,3H2,1-2H3. The van der Waals surface area contributed by atoms with Crippen molar-refractivity contribution in [3.63, 3.8) is 0 Å². The summed E-state index contributed by atoms with van der Waals surface area (Å²) in [5.74, 6) is 0.917. The first-order valence-electron chi connectivity index (χ1n) is 6.55. The zero-order valence-corrected chi connectivity index (χ0v) is 11.9. The van der Waals surface area contributed by atoms with E-state index in [1.807, 2.05) is 19.1 Å². The molecular formula is C16H16N2O3. The molecule has 0 aliphatic rings. The Morgan fingerprint density at radius 1 is 1.24 bits per heavy atom. The van der Waals surface area contributed by atoms with Gasteiger partial charge in [-0.25, -0.2) is 4.79 Å². The van der Waals surface area contributed by atoms with Gasteiger partial charge in [0, 0.05) is 6.54 Å². The van der Waals surface area contributed by atoms with Crippen LogP contribution in [-0.4, -0.2) is 32.1 Å². The van der Waals surface area contributed by atoms with E-state index in [0.29, 0.717) is 29.3 Å². The SMILES string of the molecule is CCN=Cc1ccc(C=Nc2cccc(C(=O)OC)c2)o1. The van der Waals surface area contributed by atoms with Crippen molar-refractivity contribution < 1.29 is 13.9 Å². The van der Waals surface area contributed by atoms with Gasteiger partial charge in [-0.15, -0.1) is 0 Å². The fraction of sp³-hybridized carbons (Fsp3) is 0.188. The summed E-state index contributed by atoms with van der Waals surface area (Å²) in [6.45, 7) is 2.67. The summed E-state index contributed by atoms with van der Waals surface area (Å²) in [7, 11) is 1.35. The van der Waals surface area contributed by atoms with Gasteiger partial charge in [-0.05, 0) is 37.3 Å². The van der Waals surface area contributed by atoms with Crippen molar-refractivity contribution in [3.05, 3.63) is 53.5 Å². The highest BCUT2D eigenvalue weighted by molar-refractivity contribution is 5.90. The molecule has 1 aromatic heterocycles. The normalized spacial score (nSPS) is 11.3. The molecule has 0 unspecified atom stereocenters. The first-order chi connectivity index (χ1) is 10.2. The number of rotatable bonds is 5. The second-order valence-electron chi connectivity index (χ2n) is 4.17. The molecule has 5 heteroatoms. The molecule has 0 aliphatic heterocycles. The zero-order valence-electron chi connectivity index (χ0n) is 11.9. The van der Waals surface area contributed by atoms with Crippen molar-refractivity contribution in [2.24, 2.45) is 9.98 Å². The topological polar surface area (TPSA) is 64.2 Å². The maximum absolute atomic E-state index is 11.4. The van der Waals surface area contributed by atoms with Crippen LogP contribution in [0.5, 0.6) is 0 Å². The molecule has 0 saturated heterocycles. The average Bonchev–Trinajstić information content (AvgIpc) is 2.98. The molecule has 2 aromatic rings. The van der Waals surface area contributed by atoms with Crippen LogP contribution in [0.2, 0.25) is 0 Å². The van der Waals surface area contributed by atoms with Crippen LogP contribution in [0.1, 0.15) is 28.8 Å². The molecule has 0 bridgehead atoms. The number of carbonyl (C=O) groups is 1. The Labute approximate surface area is 123 Å². The van der Waals surface area contributed by atoms with Crippen LogP contribution < -0.4 is 0 Å². The van der Waals surface area contributed by atoms with E-state index in [0.717, 1.165) is 0 Å². The quantitative estimate of drug-likeness (QED) is 0.625. The van der Waals surface area contributed by atoms with Gasteiger partial charge in [0.05, 0.1) is 30.8 Å². The van der Waals surface area contributed by atoms with E-state index in [4.69, 9.17) is 4.42 Å². The summed E-state index contributed by atoms with van der Waals surface area (Å²) >= 11 is 0. The number of methoxy groups -OCH3 is 1. The molecule has 0 amide bonds. The second kappa shape index (κ2) is 7.19. The summed E-state index contributed by atoms with van der Waals surface area (Å²) in [5.41, 5.74) is 1.11. The van der Waals surface area contributed by atoms with Crippen LogP contribution in [0, 0.1) is 0 Å². The first kappa shape index (κ1) is 14.7. The minimum Gasteiger partial charge on any atom is -0.465 e. The highest BCUT2D eigenvalue weighted by atomic mass is 16.5. The highest BCUT2D eigenvalue weighted by Gasteiger charge is 2.04. The number of hydrogen-bond acceptors (Lipinski definition) is 5. The summed E-state index contributed by atoms with van der Waals surface area (Å²) < 4.78 is 10.2. The Hall–Kier alpha value is -2.69. The number of benzene rings is 1. The molecule has 0 radical (unpaired) electrons. The Morgan fingerprint density at radius 2 is 2.00 bits per heavy atom. The smallest absolute Gasteiger partial charge is 0.337 e. The van der Waals surface area contributed by atoms with Crippen molar-refractivity contribution in [3.8, 4) is 0 Å². The largest absolute Gasteiger partial charge is 0.465 e. The minimum absolute atomic E-state index is 0.386. The highest BCUT2D eigenvalue weighted by Crippen LogP contribution is 2.15. The molecule has 108 valence electrons. The van der Waals surface area contributed by atoms with Crippen LogP contribution in [0.25, 0.3) is 0 Å². The van der Waals surface area contributed by atoms with E-state index in [9.17, 15) is 4.79 Å². The van der Waals surface area contributed by atoms with Crippen molar-refractivity contribution in [1.29, 1.82) is 0 Å². The van der Waals surface area contributed by atoms with Gasteiger partial charge in [-0.3, -0.25) is 9.98 Å². The van der Waals surface area contributed by atoms with Gasteiger partial charge in [-0.1, -0.05) is 6.07 Å². The Morgan fingerprint density at radius 3 is 2.71 bits per heavy atom. The maximum atomic E-state index is 11.4. The molecule has 0 aliphatic carbocycles. The van der Waals surface area contributed by atoms with Crippen molar-refractivity contribution in [2.45, 2.75) is 6.92 Å². The van der Waals surface area contributed by atoms with Gasteiger partial charge in [0.15, 0.2) is 0 Å². The van der Waals surface area contributed by atoms with Crippen LogP contribution in [0.15, 0.2) is 50.8 Å². The lowest BCUT2D eigenvalue weighted by molar-refractivity contribution is 0.0601. The number of ether oxygens (including phenoxy) is 1. The third-order valence-corrected chi connectivity index (χ3v) is 2.66. The van der Waals surface area contributed by atoms with Gasteiger partial charge >= 0.3 is 5.97 Å². The monoisotopic (exact) mass is 284 g/mol. The third-order valence-electron chi connectivity index (χ3n) is 2.66. The van der Waals surface area contributed by atoms with Crippen molar-refractivity contribution in [1.82, 2.24) is 0 Å². The Bertz CT molecular complexity index is 672. The number of hydrogen-bond donors (Lipinski definition) is 0. The van der Waals surface area contributed by atoms with Crippen LogP contribution in [0.4, 0.5) is 5.69 Å². The summed E-state index contributed by atoms with van der Waals surface area (Å²) in [6, 6.07) is 10.5. The molecule has 21 heavy (non-hydrogen) atoms. The maximum Gasteiger partial charge on any atom is 0.337 e. The van der Waals surface area contributed by atoms with Crippen LogP contribution in [0.3, 0.4) is 0 Å². The number of nitrogens with zero attached hydrogens (tertiary/aromatic N) is 2. The summed E-state index contributed by atoms with van der Waals surface area (Å²) in [6.07, 6.45) is 3.27. The summed E-state index contributed by atoms with van der Waals surface area (Å²) in [4.78, 5) is 19.8. The fourth-order valence-electron chi connectivity index (χ4n) is 1.66. The molecule has 0 N–H and O–H groups in total. The molecule has 0 spiro atoms. The van der Waals surface area contributed by atoms with Gasteiger partial charge < -0.3 is 9.15 Å². The zero-order chi connectivity index (χ0) is 15.1. The van der Waals surface area contributed by atoms with Gasteiger partial charge in [0.2, 0.25) is 0 Å². The Balaban J connectivity index is 2.12. The van der Waals surface area contributed by atoms with E-state index in [2.05, 4.69) is 14.7 Å². The average molecular weight is 284 g/mol. The van der Waals surface area contributed by atoms with Gasteiger partial charge in [0.25, 0.3) is 0 Å². The second-order valence-corrected chi connectivity index (χ2v) is 4.17. The van der Waals surface area contributed by atoms with Gasteiger partial charge in [-0.2, -0.15) is 0 Å². The molecule has 1 aromatic carbocycles. The lowest BCUT2D eigenvalue weighted by Gasteiger charge is -1.99. The van der Waals surface area contributed by atoms with E-state index in [1.54, 1.807) is 36.7 Å². The lowest BCUT2D eigenvalue weighted by atomic mass is 10.2. The molecule has 0 atom stereocenters. The molecular weight excluding hydrogens is 268 g/mol. The van der Waals surface area contributed by atoms with Gasteiger partial charge in [0.1, 0.15) is 11.5 Å². The Kier molecular flexibility index (Phi) is 5.04. The predicted octanol–water partition coefficient (Wildman–Crippen LogP) is 3.26. The lowest BCUT2D eigenvalue weighted by Crippen LogP contribution is -1.99. The number of furan rings is 1. The number of aliphatic imine (C=N–C) groups is 2.